The fourth-order valence-corrected chi connectivity index (χ4v) is 3.41. The number of carbonyl (C=O) groups excluding carboxylic acids is 1. The molecular weight excluding hydrogens is 294 g/mol. The van der Waals surface area contributed by atoms with Crippen molar-refractivity contribution in [2.24, 2.45) is 5.92 Å². The number of aryl methyl sites for hydroxylation is 1. The van der Waals surface area contributed by atoms with E-state index in [1.165, 1.54) is 12.8 Å². The zero-order valence-electron chi connectivity index (χ0n) is 14.4. The van der Waals surface area contributed by atoms with Gasteiger partial charge in [-0.2, -0.15) is 5.10 Å². The average molecular weight is 321 g/mol. The van der Waals surface area contributed by atoms with E-state index in [1.807, 2.05) is 13.8 Å². The lowest BCUT2D eigenvalue weighted by molar-refractivity contribution is -0.162. The van der Waals surface area contributed by atoms with Crippen LogP contribution in [0.5, 0.6) is 0 Å². The van der Waals surface area contributed by atoms with Crippen molar-refractivity contribution in [3.8, 4) is 0 Å². The van der Waals surface area contributed by atoms with Gasteiger partial charge in [-0.1, -0.05) is 13.3 Å². The smallest absolute Gasteiger partial charge is 0.346 e. The van der Waals surface area contributed by atoms with Gasteiger partial charge >= 0.3 is 11.7 Å². The van der Waals surface area contributed by atoms with Crippen molar-refractivity contribution in [1.29, 1.82) is 0 Å². The number of fused-ring (bicyclic) bond motifs is 1. The first kappa shape index (κ1) is 16.3. The molecule has 0 saturated heterocycles. The molecule has 6 nitrogen and oxygen atoms in total. The molecule has 0 amide bonds. The Kier molecular flexibility index (Phi) is 4.34. The molecule has 2 aliphatic rings. The van der Waals surface area contributed by atoms with E-state index in [0.717, 1.165) is 31.5 Å². The predicted octanol–water partition coefficient (Wildman–Crippen LogP) is 2.45. The van der Waals surface area contributed by atoms with Crippen LogP contribution in [-0.4, -0.2) is 25.9 Å². The van der Waals surface area contributed by atoms with Crippen LogP contribution in [0.4, 0.5) is 0 Å². The summed E-state index contributed by atoms with van der Waals surface area (Å²) in [6.07, 6.45) is 6.40. The Morgan fingerprint density at radius 2 is 2.09 bits per heavy atom. The summed E-state index contributed by atoms with van der Waals surface area (Å²) in [4.78, 5) is 25.3. The summed E-state index contributed by atoms with van der Waals surface area (Å²) in [6.45, 7) is 6.61. The van der Waals surface area contributed by atoms with E-state index in [1.54, 1.807) is 9.25 Å². The summed E-state index contributed by atoms with van der Waals surface area (Å²) >= 11 is 0. The zero-order chi connectivity index (χ0) is 16.6. The van der Waals surface area contributed by atoms with E-state index < -0.39 is 11.6 Å². The number of hydrogen-bond acceptors (Lipinski definition) is 4. The van der Waals surface area contributed by atoms with Crippen LogP contribution < -0.4 is 5.69 Å². The second-order valence-corrected chi connectivity index (χ2v) is 7.53. The van der Waals surface area contributed by atoms with Crippen LogP contribution in [0.25, 0.3) is 0 Å². The van der Waals surface area contributed by atoms with Crippen LogP contribution in [0.1, 0.15) is 71.2 Å². The van der Waals surface area contributed by atoms with Gasteiger partial charge in [-0.15, -0.1) is 0 Å². The molecule has 0 spiro atoms. The number of rotatable bonds is 6. The first-order valence-corrected chi connectivity index (χ1v) is 8.82. The molecular formula is C17H27N3O3. The van der Waals surface area contributed by atoms with Crippen molar-refractivity contribution >= 4 is 5.97 Å². The molecule has 128 valence electrons. The third kappa shape index (κ3) is 3.51. The molecule has 1 aromatic heterocycles. The van der Waals surface area contributed by atoms with Gasteiger partial charge in [-0.05, 0) is 51.9 Å². The SMILES string of the molecule is CCCC(C)(C)OC(=O)[C@@H]1CCCc2nn(CC3CC3)c(=O)n21. The van der Waals surface area contributed by atoms with Crippen molar-refractivity contribution in [3.63, 3.8) is 0 Å². The first-order valence-electron chi connectivity index (χ1n) is 8.82. The third-order valence-corrected chi connectivity index (χ3v) is 4.76. The van der Waals surface area contributed by atoms with Gasteiger partial charge in [-0.3, -0.25) is 4.57 Å². The molecule has 0 unspecified atom stereocenters. The summed E-state index contributed by atoms with van der Waals surface area (Å²) in [5.74, 6) is 1.02. The van der Waals surface area contributed by atoms with Crippen molar-refractivity contribution in [3.05, 3.63) is 16.3 Å². The van der Waals surface area contributed by atoms with Crippen LogP contribution in [0.15, 0.2) is 4.79 Å². The number of aromatic nitrogens is 3. The molecule has 1 aliphatic heterocycles. The van der Waals surface area contributed by atoms with Crippen LogP contribution in [0.3, 0.4) is 0 Å². The van der Waals surface area contributed by atoms with E-state index in [-0.39, 0.29) is 11.7 Å². The lowest BCUT2D eigenvalue weighted by Gasteiger charge is -2.29. The first-order chi connectivity index (χ1) is 10.9. The summed E-state index contributed by atoms with van der Waals surface area (Å²) in [5.41, 5.74) is -0.640. The lowest BCUT2D eigenvalue weighted by atomic mass is 10.0. The second kappa shape index (κ2) is 6.13. The Balaban J connectivity index is 1.81. The summed E-state index contributed by atoms with van der Waals surface area (Å²) in [5, 5.41) is 4.46. The van der Waals surface area contributed by atoms with Crippen molar-refractivity contribution in [1.82, 2.24) is 14.3 Å². The monoisotopic (exact) mass is 321 g/mol. The molecule has 1 aliphatic carbocycles. The maximum Gasteiger partial charge on any atom is 0.346 e. The van der Waals surface area contributed by atoms with Crippen molar-refractivity contribution in [2.45, 2.75) is 83.9 Å². The minimum absolute atomic E-state index is 0.151. The number of esters is 1. The minimum Gasteiger partial charge on any atom is -0.458 e. The fourth-order valence-electron chi connectivity index (χ4n) is 3.41. The molecule has 6 heteroatoms. The Hall–Kier alpha value is -1.59. The number of nitrogens with zero attached hydrogens (tertiary/aromatic N) is 3. The Bertz CT molecular complexity index is 640. The van der Waals surface area contributed by atoms with Crippen LogP contribution >= 0.6 is 0 Å². The summed E-state index contributed by atoms with van der Waals surface area (Å²) in [6, 6.07) is -0.518. The molecule has 2 heterocycles. The van der Waals surface area contributed by atoms with Crippen LogP contribution in [0.2, 0.25) is 0 Å². The highest BCUT2D eigenvalue weighted by Crippen LogP contribution is 2.31. The minimum atomic E-state index is -0.518. The molecule has 0 aromatic carbocycles. The van der Waals surface area contributed by atoms with Crippen molar-refractivity contribution in [2.75, 3.05) is 0 Å². The number of ether oxygens (including phenoxy) is 1. The van der Waals surface area contributed by atoms with E-state index in [2.05, 4.69) is 12.0 Å². The average Bonchev–Trinajstić information content (AvgIpc) is 3.23. The maximum atomic E-state index is 12.6. The Morgan fingerprint density at radius 3 is 2.74 bits per heavy atom. The van der Waals surface area contributed by atoms with Gasteiger partial charge in [0.25, 0.3) is 0 Å². The molecule has 3 rings (SSSR count). The molecule has 0 radical (unpaired) electrons. The second-order valence-electron chi connectivity index (χ2n) is 7.53. The van der Waals surface area contributed by atoms with Gasteiger partial charge in [0.2, 0.25) is 0 Å². The van der Waals surface area contributed by atoms with Gasteiger partial charge in [0.15, 0.2) is 0 Å². The highest BCUT2D eigenvalue weighted by molar-refractivity contribution is 5.75. The molecule has 0 bridgehead atoms. The van der Waals surface area contributed by atoms with E-state index in [4.69, 9.17) is 4.74 Å². The Labute approximate surface area is 136 Å². The Morgan fingerprint density at radius 1 is 1.35 bits per heavy atom. The molecule has 1 atom stereocenters. The zero-order valence-corrected chi connectivity index (χ0v) is 14.4. The fraction of sp³-hybridized carbons (Fsp3) is 0.824. The molecule has 1 aromatic rings. The molecule has 1 fully saturated rings. The van der Waals surface area contributed by atoms with E-state index in [9.17, 15) is 9.59 Å². The van der Waals surface area contributed by atoms with E-state index in [0.29, 0.717) is 18.9 Å². The van der Waals surface area contributed by atoms with Gasteiger partial charge in [-0.25, -0.2) is 14.3 Å². The quantitative estimate of drug-likeness (QED) is 0.755. The highest BCUT2D eigenvalue weighted by Gasteiger charge is 2.35. The standard InChI is InChI=1S/C17H27N3O3/c1-4-10-17(2,3)23-15(21)13-6-5-7-14-18-19(11-12-8-9-12)16(22)20(13)14/h12-13H,4-11H2,1-3H3/t13-/m0/s1. The van der Waals surface area contributed by atoms with Gasteiger partial charge < -0.3 is 4.74 Å². The third-order valence-electron chi connectivity index (χ3n) is 4.76. The largest absolute Gasteiger partial charge is 0.458 e. The maximum absolute atomic E-state index is 12.6. The number of hydrogen-bond donors (Lipinski definition) is 0. The summed E-state index contributed by atoms with van der Waals surface area (Å²) in [7, 11) is 0. The number of carbonyl (C=O) groups is 1. The molecule has 23 heavy (non-hydrogen) atoms. The van der Waals surface area contributed by atoms with Gasteiger partial charge in [0.1, 0.15) is 17.5 Å². The lowest BCUT2D eigenvalue weighted by Crippen LogP contribution is -2.39. The van der Waals surface area contributed by atoms with Gasteiger partial charge in [0, 0.05) is 13.0 Å². The van der Waals surface area contributed by atoms with Crippen LogP contribution in [0, 0.1) is 5.92 Å². The van der Waals surface area contributed by atoms with Gasteiger partial charge in [0.05, 0.1) is 0 Å². The molecule has 0 N–H and O–H groups in total. The van der Waals surface area contributed by atoms with Crippen molar-refractivity contribution < 1.29 is 9.53 Å². The molecule has 1 saturated carbocycles. The highest BCUT2D eigenvalue weighted by atomic mass is 16.6. The van der Waals surface area contributed by atoms with Crippen LogP contribution in [-0.2, 0) is 22.5 Å². The predicted molar refractivity (Wildman–Crippen MR) is 86.3 cm³/mol. The van der Waals surface area contributed by atoms with E-state index >= 15 is 0 Å². The normalized spacial score (nSPS) is 21.1. The summed E-state index contributed by atoms with van der Waals surface area (Å²) < 4.78 is 8.83. The topological polar surface area (TPSA) is 66.1 Å².